The lowest BCUT2D eigenvalue weighted by molar-refractivity contribution is 0.0595. The molecule has 0 aliphatic rings. The quantitative estimate of drug-likeness (QED) is 0.830. The lowest BCUT2D eigenvalue weighted by Crippen LogP contribution is -2.07. The summed E-state index contributed by atoms with van der Waals surface area (Å²) in [5, 5.41) is 3.08. The van der Waals surface area contributed by atoms with E-state index in [-0.39, 0.29) is 5.56 Å². The second-order valence-corrected chi connectivity index (χ2v) is 4.01. The Morgan fingerprint density at radius 2 is 2.32 bits per heavy atom. The van der Waals surface area contributed by atoms with E-state index in [1.807, 2.05) is 6.92 Å². The molecule has 0 saturated carbocycles. The largest absolute Gasteiger partial charge is 0.465 e. The fraction of sp³-hybridized carbons (Fsp3) is 0.231. The number of carbonyl (C=O) groups excluding carboxylic acids is 1. The number of rotatable bonds is 4. The second kappa shape index (κ2) is 5.51. The first kappa shape index (κ1) is 13.1. The number of hydrogen-bond donors (Lipinski definition) is 2. The van der Waals surface area contributed by atoms with Gasteiger partial charge in [0.05, 0.1) is 31.2 Å². The molecule has 0 atom stereocenters. The minimum atomic E-state index is -0.697. The average Bonchev–Trinajstić information content (AvgIpc) is 2.82. The summed E-state index contributed by atoms with van der Waals surface area (Å²) in [6.07, 6.45) is 1.61. The number of aromatic nitrogens is 2. The molecule has 0 radical (unpaired) electrons. The van der Waals surface area contributed by atoms with Gasteiger partial charge in [0.15, 0.2) is 0 Å². The van der Waals surface area contributed by atoms with E-state index in [4.69, 9.17) is 0 Å². The highest BCUT2D eigenvalue weighted by molar-refractivity contribution is 5.90. The summed E-state index contributed by atoms with van der Waals surface area (Å²) in [6.45, 7) is 2.40. The van der Waals surface area contributed by atoms with Gasteiger partial charge < -0.3 is 15.0 Å². The highest BCUT2D eigenvalue weighted by atomic mass is 19.1. The molecule has 0 saturated heterocycles. The van der Waals surface area contributed by atoms with Crippen LogP contribution in [0, 0.1) is 12.7 Å². The van der Waals surface area contributed by atoms with Crippen LogP contribution in [0.1, 0.15) is 21.7 Å². The van der Waals surface area contributed by atoms with E-state index in [2.05, 4.69) is 20.0 Å². The Morgan fingerprint density at radius 1 is 1.53 bits per heavy atom. The molecule has 0 amide bonds. The summed E-state index contributed by atoms with van der Waals surface area (Å²) < 4.78 is 18.0. The molecule has 0 unspecified atom stereocenters. The molecule has 2 rings (SSSR count). The third-order valence-electron chi connectivity index (χ3n) is 2.77. The lowest BCUT2D eigenvalue weighted by atomic mass is 10.2. The lowest BCUT2D eigenvalue weighted by Gasteiger charge is -2.08. The summed E-state index contributed by atoms with van der Waals surface area (Å²) >= 11 is 0. The van der Waals surface area contributed by atoms with Crippen molar-refractivity contribution >= 4 is 11.7 Å². The zero-order valence-electron chi connectivity index (χ0n) is 10.7. The molecule has 1 aromatic carbocycles. The molecule has 0 bridgehead atoms. The van der Waals surface area contributed by atoms with Crippen LogP contribution in [-0.4, -0.2) is 23.0 Å². The summed E-state index contributed by atoms with van der Waals surface area (Å²) in [6, 6.07) is 4.21. The van der Waals surface area contributed by atoms with Crippen molar-refractivity contribution in [2.45, 2.75) is 13.5 Å². The number of carbonyl (C=O) groups is 1. The molecule has 6 heteroatoms. The number of methoxy groups -OCH3 is 1. The van der Waals surface area contributed by atoms with Crippen LogP contribution in [0.5, 0.6) is 0 Å². The number of hydrogen-bond acceptors (Lipinski definition) is 4. The Hall–Kier alpha value is -2.37. The molecular weight excluding hydrogens is 249 g/mol. The zero-order valence-corrected chi connectivity index (χ0v) is 10.7. The molecule has 5 nitrogen and oxygen atoms in total. The van der Waals surface area contributed by atoms with Crippen molar-refractivity contribution in [1.82, 2.24) is 9.97 Å². The van der Waals surface area contributed by atoms with Crippen molar-refractivity contribution in [2.24, 2.45) is 0 Å². The number of nitrogens with one attached hydrogen (secondary N) is 2. The van der Waals surface area contributed by atoms with E-state index in [1.54, 1.807) is 12.4 Å². The number of aryl methyl sites for hydroxylation is 1. The standard InChI is InChI=1S/C13H14FN3O2/c1-8-12(17-7-16-8)6-15-9-3-4-11(14)10(5-9)13(18)19-2/h3-5,7,15H,6H2,1-2H3,(H,16,17). The van der Waals surface area contributed by atoms with Crippen LogP contribution in [0.4, 0.5) is 10.1 Å². The van der Waals surface area contributed by atoms with Crippen molar-refractivity contribution in [3.8, 4) is 0 Å². The van der Waals surface area contributed by atoms with Gasteiger partial charge in [0, 0.05) is 11.4 Å². The second-order valence-electron chi connectivity index (χ2n) is 4.01. The van der Waals surface area contributed by atoms with Crippen molar-refractivity contribution < 1.29 is 13.9 Å². The van der Waals surface area contributed by atoms with Gasteiger partial charge in [-0.15, -0.1) is 0 Å². The van der Waals surface area contributed by atoms with Crippen molar-refractivity contribution in [3.63, 3.8) is 0 Å². The number of halogens is 1. The SMILES string of the molecule is COC(=O)c1cc(NCc2nc[nH]c2C)ccc1F. The van der Waals surface area contributed by atoms with E-state index < -0.39 is 11.8 Å². The number of imidazole rings is 1. The Kier molecular flexibility index (Phi) is 3.79. The van der Waals surface area contributed by atoms with Crippen LogP contribution in [0.3, 0.4) is 0 Å². The number of aromatic amines is 1. The predicted molar refractivity (Wildman–Crippen MR) is 68.4 cm³/mol. The maximum absolute atomic E-state index is 13.4. The Labute approximate surface area is 109 Å². The summed E-state index contributed by atoms with van der Waals surface area (Å²) in [4.78, 5) is 18.5. The van der Waals surface area contributed by atoms with E-state index >= 15 is 0 Å². The molecule has 1 heterocycles. The normalized spacial score (nSPS) is 10.3. The van der Waals surface area contributed by atoms with E-state index in [1.165, 1.54) is 19.2 Å². The number of H-pyrrole nitrogens is 1. The highest BCUT2D eigenvalue weighted by Crippen LogP contribution is 2.16. The van der Waals surface area contributed by atoms with Gasteiger partial charge in [-0.2, -0.15) is 0 Å². The van der Waals surface area contributed by atoms with Gasteiger partial charge in [0.25, 0.3) is 0 Å². The molecule has 2 N–H and O–H groups in total. The van der Waals surface area contributed by atoms with Crippen LogP contribution in [0.2, 0.25) is 0 Å². The smallest absolute Gasteiger partial charge is 0.340 e. The first-order valence-corrected chi connectivity index (χ1v) is 5.72. The van der Waals surface area contributed by atoms with Gasteiger partial charge in [0.2, 0.25) is 0 Å². The van der Waals surface area contributed by atoms with Crippen LogP contribution in [0.15, 0.2) is 24.5 Å². The van der Waals surface area contributed by atoms with Crippen molar-refractivity contribution in [2.75, 3.05) is 12.4 Å². The average molecular weight is 263 g/mol. The van der Waals surface area contributed by atoms with Crippen molar-refractivity contribution in [1.29, 1.82) is 0 Å². The fourth-order valence-corrected chi connectivity index (χ4v) is 1.65. The molecule has 2 aromatic rings. The van der Waals surface area contributed by atoms with E-state index in [0.29, 0.717) is 12.2 Å². The Morgan fingerprint density at radius 3 is 2.95 bits per heavy atom. The maximum atomic E-state index is 13.4. The van der Waals surface area contributed by atoms with Crippen LogP contribution < -0.4 is 5.32 Å². The monoisotopic (exact) mass is 263 g/mol. The number of esters is 1. The first-order valence-electron chi connectivity index (χ1n) is 5.72. The van der Waals surface area contributed by atoms with Crippen LogP contribution in [-0.2, 0) is 11.3 Å². The summed E-state index contributed by atoms with van der Waals surface area (Å²) in [5.41, 5.74) is 2.36. The molecule has 0 fully saturated rings. The molecule has 1 aromatic heterocycles. The summed E-state index contributed by atoms with van der Waals surface area (Å²) in [7, 11) is 1.22. The third-order valence-corrected chi connectivity index (χ3v) is 2.77. The van der Waals surface area contributed by atoms with E-state index in [0.717, 1.165) is 11.4 Å². The molecule has 100 valence electrons. The highest BCUT2D eigenvalue weighted by Gasteiger charge is 2.12. The molecule has 0 aliphatic carbocycles. The molecule has 19 heavy (non-hydrogen) atoms. The maximum Gasteiger partial charge on any atom is 0.340 e. The molecule has 0 spiro atoms. The van der Waals surface area contributed by atoms with Gasteiger partial charge >= 0.3 is 5.97 Å². The number of nitrogens with zero attached hydrogens (tertiary/aromatic N) is 1. The van der Waals surface area contributed by atoms with Gasteiger partial charge in [-0.25, -0.2) is 14.2 Å². The zero-order chi connectivity index (χ0) is 13.8. The first-order chi connectivity index (χ1) is 9.11. The third kappa shape index (κ3) is 2.90. The van der Waals surface area contributed by atoms with Gasteiger partial charge in [-0.05, 0) is 25.1 Å². The number of benzene rings is 1. The Balaban J connectivity index is 2.13. The van der Waals surface area contributed by atoms with Crippen molar-refractivity contribution in [3.05, 3.63) is 47.3 Å². The number of ether oxygens (including phenoxy) is 1. The van der Waals surface area contributed by atoms with Gasteiger partial charge in [-0.3, -0.25) is 0 Å². The topological polar surface area (TPSA) is 67.0 Å². The number of anilines is 1. The van der Waals surface area contributed by atoms with Gasteiger partial charge in [0.1, 0.15) is 5.82 Å². The summed E-state index contributed by atoms with van der Waals surface area (Å²) in [5.74, 6) is -1.30. The predicted octanol–water partition coefficient (Wildman–Crippen LogP) is 2.26. The van der Waals surface area contributed by atoms with Gasteiger partial charge in [-0.1, -0.05) is 0 Å². The minimum Gasteiger partial charge on any atom is -0.465 e. The Bertz CT molecular complexity index is 595. The van der Waals surface area contributed by atoms with E-state index in [9.17, 15) is 9.18 Å². The fourth-order valence-electron chi connectivity index (χ4n) is 1.65. The molecular formula is C13H14FN3O2. The molecule has 0 aliphatic heterocycles. The minimum absolute atomic E-state index is 0.0914. The van der Waals surface area contributed by atoms with Crippen LogP contribution >= 0.6 is 0 Å². The van der Waals surface area contributed by atoms with Crippen LogP contribution in [0.25, 0.3) is 0 Å².